The molecule has 0 atom stereocenters. The number of hydrogen-bond acceptors (Lipinski definition) is 6. The van der Waals surface area contributed by atoms with Gasteiger partial charge in [0.05, 0.1) is 0 Å². The Morgan fingerprint density at radius 3 is 2.48 bits per heavy atom. The van der Waals surface area contributed by atoms with Crippen LogP contribution in [0.4, 0.5) is 23.0 Å². The molecule has 0 bridgehead atoms. The number of nitrogens with two attached hydrogens (primary N) is 1. The number of aromatic nitrogens is 2. The van der Waals surface area contributed by atoms with Gasteiger partial charge in [0.2, 0.25) is 0 Å². The van der Waals surface area contributed by atoms with Crippen LogP contribution in [0.2, 0.25) is 0 Å². The quantitative estimate of drug-likeness (QED) is 0.823. The molecule has 1 aromatic heterocycles. The first kappa shape index (κ1) is 15.1. The van der Waals surface area contributed by atoms with Crippen LogP contribution in [-0.4, -0.2) is 42.7 Å². The fourth-order valence-electron chi connectivity index (χ4n) is 2.76. The van der Waals surface area contributed by atoms with Crippen LogP contribution in [0.3, 0.4) is 0 Å². The Kier molecular flexibility index (Phi) is 4.61. The monoisotopic (exact) mass is 310 g/mol. The van der Waals surface area contributed by atoms with Gasteiger partial charge in [0, 0.05) is 38.4 Å². The predicted octanol–water partition coefficient (Wildman–Crippen LogP) is 1.98. The Morgan fingerprint density at radius 2 is 1.78 bits per heavy atom. The molecule has 1 aliphatic heterocycles. The van der Waals surface area contributed by atoms with E-state index in [0.29, 0.717) is 18.1 Å². The lowest BCUT2D eigenvalue weighted by Gasteiger charge is -2.37. The zero-order valence-electron chi connectivity index (χ0n) is 13.2. The highest BCUT2D eigenvalue weighted by Gasteiger charge is 2.21. The zero-order chi connectivity index (χ0) is 16.1. The van der Waals surface area contributed by atoms with Crippen LogP contribution in [0, 0.1) is 0 Å². The number of nitrogen functional groups attached to an aromatic ring is 1. The van der Waals surface area contributed by atoms with Gasteiger partial charge in [0.1, 0.15) is 12.0 Å². The summed E-state index contributed by atoms with van der Waals surface area (Å²) in [4.78, 5) is 13.2. The van der Waals surface area contributed by atoms with Crippen LogP contribution in [0.15, 0.2) is 49.3 Å². The molecule has 1 aliphatic rings. The van der Waals surface area contributed by atoms with Crippen molar-refractivity contribution in [2.24, 2.45) is 0 Å². The van der Waals surface area contributed by atoms with Gasteiger partial charge in [0.25, 0.3) is 0 Å². The molecule has 1 fully saturated rings. The van der Waals surface area contributed by atoms with E-state index in [1.165, 1.54) is 5.69 Å². The summed E-state index contributed by atoms with van der Waals surface area (Å²) in [6, 6.07) is 10.5. The first-order chi connectivity index (χ1) is 11.3. The number of hydrogen-bond donors (Lipinski definition) is 2. The molecule has 1 saturated heterocycles. The van der Waals surface area contributed by atoms with E-state index < -0.39 is 0 Å². The fourth-order valence-corrected chi connectivity index (χ4v) is 2.76. The van der Waals surface area contributed by atoms with Crippen molar-refractivity contribution < 1.29 is 0 Å². The minimum atomic E-state index is 0.600. The summed E-state index contributed by atoms with van der Waals surface area (Å²) >= 11 is 0. The molecule has 0 spiro atoms. The first-order valence-corrected chi connectivity index (χ1v) is 7.80. The van der Waals surface area contributed by atoms with Gasteiger partial charge in [-0.05, 0) is 12.1 Å². The molecule has 0 radical (unpaired) electrons. The van der Waals surface area contributed by atoms with Crippen LogP contribution in [0.1, 0.15) is 0 Å². The number of para-hydroxylation sites is 1. The van der Waals surface area contributed by atoms with E-state index in [1.807, 2.05) is 6.07 Å². The maximum Gasteiger partial charge on any atom is 0.157 e. The summed E-state index contributed by atoms with van der Waals surface area (Å²) in [5.74, 6) is 1.47. The number of anilines is 4. The van der Waals surface area contributed by atoms with Crippen LogP contribution in [0.25, 0.3) is 0 Å². The largest absolute Gasteiger partial charge is 0.393 e. The van der Waals surface area contributed by atoms with Crippen LogP contribution in [0.5, 0.6) is 0 Å². The highest BCUT2D eigenvalue weighted by Crippen LogP contribution is 2.27. The molecule has 3 N–H and O–H groups in total. The normalized spacial score (nSPS) is 14.6. The molecule has 0 saturated carbocycles. The molecule has 6 heteroatoms. The topological polar surface area (TPSA) is 70.3 Å². The Morgan fingerprint density at radius 1 is 1.09 bits per heavy atom. The maximum absolute atomic E-state index is 6.22. The van der Waals surface area contributed by atoms with Gasteiger partial charge in [0.15, 0.2) is 11.6 Å². The standard InChI is InChI=1S/C17H22N6/c1-2-8-19-16-15(18)17(21-13-20-16)23-11-9-22(10-12-23)14-6-4-3-5-7-14/h2-7,13H,1,8-12,18H2,(H,19,20,21). The van der Waals surface area contributed by atoms with Gasteiger partial charge >= 0.3 is 0 Å². The number of nitrogens with one attached hydrogen (secondary N) is 1. The maximum atomic E-state index is 6.22. The second kappa shape index (κ2) is 7.00. The average Bonchev–Trinajstić information content (AvgIpc) is 2.62. The van der Waals surface area contributed by atoms with Crippen LogP contribution < -0.4 is 20.9 Å². The van der Waals surface area contributed by atoms with E-state index in [-0.39, 0.29) is 0 Å². The summed E-state index contributed by atoms with van der Waals surface area (Å²) in [6.07, 6.45) is 3.33. The number of piperazine rings is 1. The van der Waals surface area contributed by atoms with E-state index in [4.69, 9.17) is 5.73 Å². The van der Waals surface area contributed by atoms with Crippen molar-refractivity contribution in [3.8, 4) is 0 Å². The smallest absolute Gasteiger partial charge is 0.157 e. The summed E-state index contributed by atoms with van der Waals surface area (Å²) in [5.41, 5.74) is 8.08. The lowest BCUT2D eigenvalue weighted by molar-refractivity contribution is 0.647. The van der Waals surface area contributed by atoms with E-state index in [1.54, 1.807) is 12.4 Å². The van der Waals surface area contributed by atoms with E-state index in [9.17, 15) is 0 Å². The third-order valence-corrected chi connectivity index (χ3v) is 3.98. The van der Waals surface area contributed by atoms with Crippen molar-refractivity contribution in [1.82, 2.24) is 9.97 Å². The molecule has 120 valence electrons. The number of nitrogens with zero attached hydrogens (tertiary/aromatic N) is 4. The second-order valence-corrected chi connectivity index (χ2v) is 5.44. The Labute approximate surface area is 136 Å². The summed E-state index contributed by atoms with van der Waals surface area (Å²) < 4.78 is 0. The van der Waals surface area contributed by atoms with Gasteiger partial charge in [-0.3, -0.25) is 0 Å². The fraction of sp³-hybridized carbons (Fsp3) is 0.294. The van der Waals surface area contributed by atoms with E-state index in [0.717, 1.165) is 32.0 Å². The van der Waals surface area contributed by atoms with Crippen LogP contribution >= 0.6 is 0 Å². The van der Waals surface area contributed by atoms with Crippen molar-refractivity contribution in [2.45, 2.75) is 0 Å². The lowest BCUT2D eigenvalue weighted by atomic mass is 10.2. The summed E-state index contributed by atoms with van der Waals surface area (Å²) in [7, 11) is 0. The Bertz CT molecular complexity index is 649. The molecule has 23 heavy (non-hydrogen) atoms. The van der Waals surface area contributed by atoms with Crippen LogP contribution in [-0.2, 0) is 0 Å². The second-order valence-electron chi connectivity index (χ2n) is 5.44. The molecular weight excluding hydrogens is 288 g/mol. The average molecular weight is 310 g/mol. The summed E-state index contributed by atoms with van der Waals surface area (Å²) in [5, 5.41) is 3.15. The minimum absolute atomic E-state index is 0.600. The molecule has 2 heterocycles. The van der Waals surface area contributed by atoms with Gasteiger partial charge in [-0.25, -0.2) is 9.97 Å². The third-order valence-electron chi connectivity index (χ3n) is 3.98. The molecule has 1 aromatic carbocycles. The first-order valence-electron chi connectivity index (χ1n) is 7.80. The predicted molar refractivity (Wildman–Crippen MR) is 96.0 cm³/mol. The Balaban J connectivity index is 1.69. The van der Waals surface area contributed by atoms with E-state index in [2.05, 4.69) is 55.9 Å². The highest BCUT2D eigenvalue weighted by molar-refractivity contribution is 5.75. The van der Waals surface area contributed by atoms with Crippen molar-refractivity contribution in [3.05, 3.63) is 49.3 Å². The minimum Gasteiger partial charge on any atom is -0.393 e. The molecule has 0 unspecified atom stereocenters. The SMILES string of the molecule is C=CCNc1ncnc(N2CCN(c3ccccc3)CC2)c1N. The lowest BCUT2D eigenvalue weighted by Crippen LogP contribution is -2.47. The van der Waals surface area contributed by atoms with Crippen molar-refractivity contribution in [3.63, 3.8) is 0 Å². The third kappa shape index (κ3) is 3.36. The van der Waals surface area contributed by atoms with E-state index >= 15 is 0 Å². The van der Waals surface area contributed by atoms with Gasteiger partial charge in [-0.1, -0.05) is 24.3 Å². The molecule has 6 nitrogen and oxygen atoms in total. The van der Waals surface area contributed by atoms with Crippen molar-refractivity contribution in [2.75, 3.05) is 53.6 Å². The van der Waals surface area contributed by atoms with Gasteiger partial charge in [-0.15, -0.1) is 6.58 Å². The van der Waals surface area contributed by atoms with Gasteiger partial charge in [-0.2, -0.15) is 0 Å². The molecule has 2 aromatic rings. The zero-order valence-corrected chi connectivity index (χ0v) is 13.2. The molecular formula is C17H22N6. The van der Waals surface area contributed by atoms with Gasteiger partial charge < -0.3 is 20.9 Å². The molecule has 3 rings (SSSR count). The number of benzene rings is 1. The Hall–Kier alpha value is -2.76. The molecule has 0 aliphatic carbocycles. The highest BCUT2D eigenvalue weighted by atomic mass is 15.3. The number of rotatable bonds is 5. The van der Waals surface area contributed by atoms with Crippen molar-refractivity contribution >= 4 is 23.0 Å². The summed E-state index contributed by atoms with van der Waals surface area (Å²) in [6.45, 7) is 7.99. The molecule has 0 amide bonds. The van der Waals surface area contributed by atoms with Crippen molar-refractivity contribution in [1.29, 1.82) is 0 Å².